The molecule has 206 valence electrons. The first kappa shape index (κ1) is 28.0. The number of hydrogen-bond donors (Lipinski definition) is 1. The van der Waals surface area contributed by atoms with Gasteiger partial charge in [0.15, 0.2) is 5.90 Å². The molecule has 2 aromatic carbocycles. The first-order chi connectivity index (χ1) is 18.4. The number of aliphatic imine (C=N–C) groups is 1. The Morgan fingerprint density at radius 3 is 2.51 bits per heavy atom. The molecule has 9 nitrogen and oxygen atoms in total. The van der Waals surface area contributed by atoms with Gasteiger partial charge in [-0.1, -0.05) is 29.8 Å². The van der Waals surface area contributed by atoms with E-state index < -0.39 is 41.8 Å². The number of ether oxygens (including phenoxy) is 2. The van der Waals surface area contributed by atoms with Gasteiger partial charge in [0.25, 0.3) is 5.56 Å². The Balaban J connectivity index is 1.74. The fraction of sp³-hybridized carbons (Fsp3) is 0.308. The van der Waals surface area contributed by atoms with Crippen LogP contribution in [0.2, 0.25) is 5.02 Å². The maximum Gasteiger partial charge on any atom is 0.573 e. The summed E-state index contributed by atoms with van der Waals surface area (Å²) in [6, 6.07) is 12.1. The van der Waals surface area contributed by atoms with Crippen LogP contribution in [0.5, 0.6) is 11.5 Å². The molecule has 1 unspecified atom stereocenters. The van der Waals surface area contributed by atoms with E-state index >= 15 is 0 Å². The second-order valence-electron chi connectivity index (χ2n) is 8.90. The maximum atomic E-state index is 13.1. The molecular formula is C26H23ClF3N3O6. The van der Waals surface area contributed by atoms with Crippen molar-refractivity contribution >= 4 is 29.3 Å². The molecule has 1 atom stereocenters. The average Bonchev–Trinajstić information content (AvgIpc) is 3.04. The quantitative estimate of drug-likeness (QED) is 0.452. The monoisotopic (exact) mass is 565 g/mol. The van der Waals surface area contributed by atoms with Crippen LogP contribution in [-0.4, -0.2) is 32.5 Å². The van der Waals surface area contributed by atoms with Crippen LogP contribution in [0.4, 0.5) is 19.0 Å². The number of carboxylic acids is 1. The van der Waals surface area contributed by atoms with Crippen molar-refractivity contribution in [2.24, 2.45) is 18.0 Å². The highest BCUT2D eigenvalue weighted by Gasteiger charge is 2.32. The summed E-state index contributed by atoms with van der Waals surface area (Å²) in [4.78, 5) is 41.6. The molecule has 39 heavy (non-hydrogen) atoms. The van der Waals surface area contributed by atoms with Crippen LogP contribution in [0.15, 0.2) is 63.1 Å². The Bertz CT molecular complexity index is 1530. The van der Waals surface area contributed by atoms with E-state index in [-0.39, 0.29) is 29.4 Å². The molecule has 2 heterocycles. The van der Waals surface area contributed by atoms with Crippen LogP contribution in [0.3, 0.4) is 0 Å². The summed E-state index contributed by atoms with van der Waals surface area (Å²) in [6.45, 7) is -0.808. The lowest BCUT2D eigenvalue weighted by atomic mass is 9.94. The minimum atomic E-state index is -4.90. The Morgan fingerprint density at radius 2 is 1.85 bits per heavy atom. The summed E-state index contributed by atoms with van der Waals surface area (Å²) >= 11 is 5.97. The van der Waals surface area contributed by atoms with Gasteiger partial charge in [0.05, 0.1) is 5.56 Å². The molecular weight excluding hydrogens is 543 g/mol. The Kier molecular flexibility index (Phi) is 8.14. The second-order valence-corrected chi connectivity index (χ2v) is 9.34. The van der Waals surface area contributed by atoms with Crippen molar-refractivity contribution in [2.45, 2.75) is 38.6 Å². The van der Waals surface area contributed by atoms with Gasteiger partial charge >= 0.3 is 18.0 Å². The van der Waals surface area contributed by atoms with E-state index in [1.165, 1.54) is 19.2 Å². The van der Waals surface area contributed by atoms with E-state index in [1.54, 1.807) is 12.1 Å². The van der Waals surface area contributed by atoms with Gasteiger partial charge in [-0.05, 0) is 55.5 Å². The largest absolute Gasteiger partial charge is 0.573 e. The van der Waals surface area contributed by atoms with Crippen molar-refractivity contribution in [2.75, 3.05) is 0 Å². The van der Waals surface area contributed by atoms with Crippen LogP contribution >= 0.6 is 11.6 Å². The maximum absolute atomic E-state index is 13.1. The number of aryl methyl sites for hydroxylation is 1. The van der Waals surface area contributed by atoms with Crippen molar-refractivity contribution < 1.29 is 32.5 Å². The predicted octanol–water partition coefficient (Wildman–Crippen LogP) is 4.49. The van der Waals surface area contributed by atoms with Gasteiger partial charge in [-0.3, -0.25) is 14.2 Å². The molecule has 13 heteroatoms. The number of aromatic nitrogens is 2. The van der Waals surface area contributed by atoms with E-state index in [2.05, 4.69) is 9.73 Å². The topological polar surface area (TPSA) is 112 Å². The molecule has 1 aromatic heterocycles. The molecule has 1 aliphatic heterocycles. The summed E-state index contributed by atoms with van der Waals surface area (Å²) in [5.74, 6) is -2.13. The van der Waals surface area contributed by atoms with Crippen LogP contribution < -0.4 is 20.7 Å². The van der Waals surface area contributed by atoms with Gasteiger partial charge in [-0.2, -0.15) is 4.99 Å². The van der Waals surface area contributed by atoms with Crippen molar-refractivity contribution in [1.29, 1.82) is 0 Å². The molecule has 0 saturated heterocycles. The summed E-state index contributed by atoms with van der Waals surface area (Å²) in [5, 5.41) is 9.74. The Morgan fingerprint density at radius 1 is 1.15 bits per heavy atom. The zero-order chi connectivity index (χ0) is 28.3. The number of aliphatic carboxylic acids is 1. The smallest absolute Gasteiger partial charge is 0.480 e. The Hall–Kier alpha value is -4.06. The molecule has 0 spiro atoms. The van der Waals surface area contributed by atoms with Crippen molar-refractivity contribution in [1.82, 2.24) is 9.13 Å². The standard InChI is InChI=1S/C26H23ClF3N3O6/c1-32-22-20(24(36)33(25(32)37)14-21(34)35)12-9-16(8-5-15-6-10-17(27)11-7-15)23(31-22)38-18-3-2-4-19(13-18)39-26(28,29)30/h2-4,6-7,10-11,13,16H,5,8-9,12,14H2,1H3,(H,34,35). The van der Waals surface area contributed by atoms with E-state index in [9.17, 15) is 27.6 Å². The van der Waals surface area contributed by atoms with Gasteiger partial charge in [-0.25, -0.2) is 9.36 Å². The van der Waals surface area contributed by atoms with Crippen LogP contribution in [0.1, 0.15) is 24.0 Å². The second kappa shape index (κ2) is 11.4. The predicted molar refractivity (Wildman–Crippen MR) is 136 cm³/mol. The third kappa shape index (κ3) is 6.88. The van der Waals surface area contributed by atoms with Crippen LogP contribution in [0.25, 0.3) is 0 Å². The van der Waals surface area contributed by atoms with Gasteiger partial charge in [0.1, 0.15) is 23.9 Å². The highest BCUT2D eigenvalue weighted by atomic mass is 35.5. The molecule has 0 amide bonds. The highest BCUT2D eigenvalue weighted by Crippen LogP contribution is 2.31. The lowest BCUT2D eigenvalue weighted by Crippen LogP contribution is -2.42. The minimum Gasteiger partial charge on any atom is -0.480 e. The third-order valence-corrected chi connectivity index (χ3v) is 6.42. The number of benzene rings is 2. The van der Waals surface area contributed by atoms with Gasteiger partial charge < -0.3 is 14.6 Å². The fourth-order valence-corrected chi connectivity index (χ4v) is 4.44. The minimum absolute atomic E-state index is 0.00155. The zero-order valence-electron chi connectivity index (χ0n) is 20.6. The van der Waals surface area contributed by atoms with Crippen molar-refractivity contribution in [3.8, 4) is 11.5 Å². The van der Waals surface area contributed by atoms with E-state index in [1.807, 2.05) is 12.1 Å². The highest BCUT2D eigenvalue weighted by molar-refractivity contribution is 6.30. The van der Waals surface area contributed by atoms with Crippen LogP contribution in [0, 0.1) is 5.92 Å². The molecule has 0 saturated carbocycles. The molecule has 0 radical (unpaired) electrons. The molecule has 3 aromatic rings. The number of carboxylic acid groups (broad SMARTS) is 1. The number of nitrogens with zero attached hydrogens (tertiary/aromatic N) is 3. The average molecular weight is 566 g/mol. The number of hydrogen-bond acceptors (Lipinski definition) is 6. The fourth-order valence-electron chi connectivity index (χ4n) is 4.31. The van der Waals surface area contributed by atoms with Crippen LogP contribution in [-0.2, 0) is 31.2 Å². The SMILES string of the molecule is Cn1c2c(c(=O)n(CC(=O)O)c1=O)CCC(CCc1ccc(Cl)cc1)C(Oc1cccc(OC(F)(F)F)c1)=N2. The number of halogens is 4. The third-order valence-electron chi connectivity index (χ3n) is 6.17. The first-order valence-corrected chi connectivity index (χ1v) is 12.2. The van der Waals surface area contributed by atoms with E-state index in [4.69, 9.17) is 21.4 Å². The summed E-state index contributed by atoms with van der Waals surface area (Å²) in [5.41, 5.74) is -0.526. The summed E-state index contributed by atoms with van der Waals surface area (Å²) in [6.07, 6.45) is -3.32. The molecule has 0 fully saturated rings. The lowest BCUT2D eigenvalue weighted by molar-refractivity contribution is -0.274. The number of alkyl halides is 3. The van der Waals surface area contributed by atoms with Crippen molar-refractivity contribution in [3.63, 3.8) is 0 Å². The summed E-state index contributed by atoms with van der Waals surface area (Å²) in [7, 11) is 1.35. The summed E-state index contributed by atoms with van der Waals surface area (Å²) < 4.78 is 49.8. The van der Waals surface area contributed by atoms with Gasteiger partial charge in [0, 0.05) is 24.1 Å². The van der Waals surface area contributed by atoms with E-state index in [0.29, 0.717) is 28.9 Å². The van der Waals surface area contributed by atoms with Crippen molar-refractivity contribution in [3.05, 3.63) is 85.5 Å². The zero-order valence-corrected chi connectivity index (χ0v) is 21.3. The molecule has 0 bridgehead atoms. The van der Waals surface area contributed by atoms with Gasteiger partial charge in [0.2, 0.25) is 0 Å². The van der Waals surface area contributed by atoms with E-state index in [0.717, 1.165) is 22.3 Å². The van der Waals surface area contributed by atoms with Gasteiger partial charge in [-0.15, -0.1) is 13.2 Å². The lowest BCUT2D eigenvalue weighted by Gasteiger charge is -2.18. The number of rotatable bonds is 7. The number of carbonyl (C=O) groups is 1. The molecule has 1 aliphatic rings. The normalized spacial score (nSPS) is 15.2. The number of fused-ring (bicyclic) bond motifs is 1. The molecule has 0 aliphatic carbocycles. The molecule has 4 rings (SSSR count). The Labute approximate surface area is 224 Å². The molecule has 1 N–H and O–H groups in total. The first-order valence-electron chi connectivity index (χ1n) is 11.8.